The van der Waals surface area contributed by atoms with Gasteiger partial charge in [-0.05, 0) is 24.3 Å². The Labute approximate surface area is 128 Å². The molecule has 0 atom stereocenters. The van der Waals surface area contributed by atoms with Gasteiger partial charge in [0.1, 0.15) is 25.2 Å². The largest absolute Gasteiger partial charge is 0.493 e. The molecule has 0 saturated carbocycles. The van der Waals surface area contributed by atoms with E-state index in [-0.39, 0.29) is 0 Å². The molecule has 2 rings (SSSR count). The van der Waals surface area contributed by atoms with Gasteiger partial charge in [0.2, 0.25) is 0 Å². The van der Waals surface area contributed by atoms with E-state index in [0.29, 0.717) is 41.6 Å². The molecule has 0 N–H and O–H groups in total. The summed E-state index contributed by atoms with van der Waals surface area (Å²) in [6, 6.07) is 12.6. The Morgan fingerprint density at radius 2 is 1.81 bits per heavy atom. The summed E-state index contributed by atoms with van der Waals surface area (Å²) in [6.07, 6.45) is 0.705. The average molecular weight is 307 g/mol. The number of carbonyl (C=O) groups is 1. The second-order valence-electron chi connectivity index (χ2n) is 4.16. The van der Waals surface area contributed by atoms with Crippen molar-refractivity contribution in [3.63, 3.8) is 0 Å². The molecule has 0 aliphatic heterocycles. The van der Waals surface area contributed by atoms with Gasteiger partial charge in [0.25, 0.3) is 0 Å². The lowest BCUT2D eigenvalue weighted by molar-refractivity contribution is 0.112. The fourth-order valence-electron chi connectivity index (χ4n) is 1.77. The van der Waals surface area contributed by atoms with Crippen LogP contribution in [-0.4, -0.2) is 26.6 Å². The first-order valence-corrected chi connectivity index (χ1v) is 6.75. The number of benzene rings is 2. The van der Waals surface area contributed by atoms with Crippen LogP contribution in [0.5, 0.6) is 17.2 Å². The van der Waals surface area contributed by atoms with E-state index >= 15 is 0 Å². The smallest absolute Gasteiger partial charge is 0.179 e. The van der Waals surface area contributed by atoms with E-state index in [1.807, 2.05) is 30.3 Å². The van der Waals surface area contributed by atoms with Gasteiger partial charge in [-0.25, -0.2) is 0 Å². The molecule has 0 heterocycles. The highest BCUT2D eigenvalue weighted by atomic mass is 35.5. The highest BCUT2D eigenvalue weighted by Gasteiger charge is 2.11. The van der Waals surface area contributed by atoms with Crippen LogP contribution in [0, 0.1) is 0 Å². The molecule has 0 fully saturated rings. The van der Waals surface area contributed by atoms with Crippen LogP contribution in [0.2, 0.25) is 5.02 Å². The van der Waals surface area contributed by atoms with Gasteiger partial charge in [0.15, 0.2) is 11.5 Å². The molecule has 0 unspecified atom stereocenters. The molecule has 110 valence electrons. The van der Waals surface area contributed by atoms with Crippen molar-refractivity contribution in [2.45, 2.75) is 0 Å². The molecule has 0 amide bonds. The van der Waals surface area contributed by atoms with Gasteiger partial charge in [0.05, 0.1) is 12.1 Å². The third-order valence-corrected chi connectivity index (χ3v) is 3.01. The molecule has 0 bridgehead atoms. The maximum absolute atomic E-state index is 10.8. The van der Waals surface area contributed by atoms with Crippen molar-refractivity contribution < 1.29 is 19.0 Å². The second-order valence-corrected chi connectivity index (χ2v) is 4.57. The van der Waals surface area contributed by atoms with E-state index in [1.165, 1.54) is 13.2 Å². The number of methoxy groups -OCH3 is 1. The lowest BCUT2D eigenvalue weighted by Crippen LogP contribution is -2.10. The first-order valence-electron chi connectivity index (χ1n) is 6.38. The SMILES string of the molecule is COc1cc(C=O)cc(Cl)c1OCCOc1ccccc1. The maximum atomic E-state index is 10.8. The quantitative estimate of drug-likeness (QED) is 0.579. The van der Waals surface area contributed by atoms with Gasteiger partial charge in [-0.15, -0.1) is 0 Å². The van der Waals surface area contributed by atoms with E-state index in [4.69, 9.17) is 25.8 Å². The minimum Gasteiger partial charge on any atom is -0.493 e. The summed E-state index contributed by atoms with van der Waals surface area (Å²) < 4.78 is 16.3. The number of hydrogen-bond acceptors (Lipinski definition) is 4. The summed E-state index contributed by atoms with van der Waals surface area (Å²) in [5.41, 5.74) is 0.435. The first-order chi connectivity index (χ1) is 10.2. The molecule has 0 radical (unpaired) electrons. The lowest BCUT2D eigenvalue weighted by atomic mass is 10.2. The Morgan fingerprint density at radius 1 is 1.10 bits per heavy atom. The number of para-hydroxylation sites is 1. The van der Waals surface area contributed by atoms with Gasteiger partial charge < -0.3 is 14.2 Å². The van der Waals surface area contributed by atoms with Gasteiger partial charge in [-0.2, -0.15) is 0 Å². The number of ether oxygens (including phenoxy) is 3. The van der Waals surface area contributed by atoms with Crippen LogP contribution in [0.4, 0.5) is 0 Å². The molecule has 0 aromatic heterocycles. The van der Waals surface area contributed by atoms with Crippen molar-refractivity contribution in [3.05, 3.63) is 53.1 Å². The molecule has 2 aromatic rings. The highest BCUT2D eigenvalue weighted by molar-refractivity contribution is 6.32. The maximum Gasteiger partial charge on any atom is 0.179 e. The van der Waals surface area contributed by atoms with E-state index in [2.05, 4.69) is 0 Å². The van der Waals surface area contributed by atoms with Crippen LogP contribution in [-0.2, 0) is 0 Å². The zero-order valence-corrected chi connectivity index (χ0v) is 12.3. The Balaban J connectivity index is 1.95. The van der Waals surface area contributed by atoms with E-state index < -0.39 is 0 Å². The topological polar surface area (TPSA) is 44.8 Å². The molecular weight excluding hydrogens is 292 g/mol. The minimum atomic E-state index is 0.311. The average Bonchev–Trinajstić information content (AvgIpc) is 2.53. The standard InChI is InChI=1S/C16H15ClO4/c1-19-15-10-12(11-18)9-14(17)16(15)21-8-7-20-13-5-3-2-4-6-13/h2-6,9-11H,7-8H2,1H3. The van der Waals surface area contributed by atoms with Crippen molar-refractivity contribution >= 4 is 17.9 Å². The monoisotopic (exact) mass is 306 g/mol. The van der Waals surface area contributed by atoms with Crippen LogP contribution < -0.4 is 14.2 Å². The van der Waals surface area contributed by atoms with Crippen molar-refractivity contribution in [2.75, 3.05) is 20.3 Å². The predicted molar refractivity (Wildman–Crippen MR) is 80.8 cm³/mol. The number of aldehydes is 1. The fourth-order valence-corrected chi connectivity index (χ4v) is 2.04. The van der Waals surface area contributed by atoms with Gasteiger partial charge in [-0.3, -0.25) is 4.79 Å². The summed E-state index contributed by atoms with van der Waals surface area (Å²) in [4.78, 5) is 10.8. The number of halogens is 1. The fraction of sp³-hybridized carbons (Fsp3) is 0.188. The van der Waals surface area contributed by atoms with Gasteiger partial charge in [-0.1, -0.05) is 29.8 Å². The number of rotatable bonds is 7. The normalized spacial score (nSPS) is 10.0. The van der Waals surface area contributed by atoms with E-state index in [1.54, 1.807) is 6.07 Å². The van der Waals surface area contributed by atoms with E-state index in [0.717, 1.165) is 5.75 Å². The Hall–Kier alpha value is -2.20. The summed E-state index contributed by atoms with van der Waals surface area (Å²) >= 11 is 6.08. The molecule has 5 heteroatoms. The Bertz CT molecular complexity index is 599. The summed E-state index contributed by atoms with van der Waals surface area (Å²) in [7, 11) is 1.49. The summed E-state index contributed by atoms with van der Waals surface area (Å²) in [5.74, 6) is 1.60. The second kappa shape index (κ2) is 7.55. The lowest BCUT2D eigenvalue weighted by Gasteiger charge is -2.13. The number of carbonyl (C=O) groups excluding carboxylic acids is 1. The zero-order chi connectivity index (χ0) is 15.1. The van der Waals surface area contributed by atoms with Crippen LogP contribution in [0.25, 0.3) is 0 Å². The highest BCUT2D eigenvalue weighted by Crippen LogP contribution is 2.35. The summed E-state index contributed by atoms with van der Waals surface area (Å²) in [5, 5.41) is 0.330. The molecule has 21 heavy (non-hydrogen) atoms. The third kappa shape index (κ3) is 4.13. The Kier molecular flexibility index (Phi) is 5.46. The predicted octanol–water partition coefficient (Wildman–Crippen LogP) is 3.62. The van der Waals surface area contributed by atoms with Crippen molar-refractivity contribution in [2.24, 2.45) is 0 Å². The molecule has 0 saturated heterocycles. The van der Waals surface area contributed by atoms with Crippen LogP contribution in [0.15, 0.2) is 42.5 Å². The molecule has 4 nitrogen and oxygen atoms in total. The van der Waals surface area contributed by atoms with Crippen LogP contribution in [0.3, 0.4) is 0 Å². The third-order valence-electron chi connectivity index (χ3n) is 2.73. The van der Waals surface area contributed by atoms with E-state index in [9.17, 15) is 4.79 Å². The summed E-state index contributed by atoms with van der Waals surface area (Å²) in [6.45, 7) is 0.685. The molecule has 0 spiro atoms. The van der Waals surface area contributed by atoms with Gasteiger partial charge in [0, 0.05) is 5.56 Å². The van der Waals surface area contributed by atoms with Gasteiger partial charge >= 0.3 is 0 Å². The molecular formula is C16H15ClO4. The van der Waals surface area contributed by atoms with Crippen LogP contribution in [0.1, 0.15) is 10.4 Å². The van der Waals surface area contributed by atoms with Crippen molar-refractivity contribution in [1.29, 1.82) is 0 Å². The van der Waals surface area contributed by atoms with Crippen molar-refractivity contribution in [1.82, 2.24) is 0 Å². The zero-order valence-electron chi connectivity index (χ0n) is 11.5. The van der Waals surface area contributed by atoms with Crippen LogP contribution >= 0.6 is 11.6 Å². The van der Waals surface area contributed by atoms with Crippen molar-refractivity contribution in [3.8, 4) is 17.2 Å². The molecule has 0 aliphatic carbocycles. The first kappa shape index (κ1) is 15.2. The molecule has 2 aromatic carbocycles. The Morgan fingerprint density at radius 3 is 2.48 bits per heavy atom. The number of hydrogen-bond donors (Lipinski definition) is 0. The minimum absolute atomic E-state index is 0.311. The molecule has 0 aliphatic rings.